The molecule has 0 radical (unpaired) electrons. The third kappa shape index (κ3) is 4.00. The molecule has 1 amide bonds. The minimum atomic E-state index is -0.635. The molecule has 1 rings (SSSR count). The Kier molecular flexibility index (Phi) is 5.58. The van der Waals surface area contributed by atoms with Gasteiger partial charge in [-0.2, -0.15) is 0 Å². The molecule has 2 N–H and O–H groups in total. The van der Waals surface area contributed by atoms with Crippen LogP contribution in [-0.4, -0.2) is 36.1 Å². The predicted molar refractivity (Wildman–Crippen MR) is 67.7 cm³/mol. The summed E-state index contributed by atoms with van der Waals surface area (Å²) in [6, 6.07) is 4.42. The number of nitrogens with one attached hydrogen (secondary N) is 1. The van der Waals surface area contributed by atoms with Crippen LogP contribution in [0.4, 0.5) is 4.39 Å². The maximum atomic E-state index is 13.2. The van der Waals surface area contributed by atoms with E-state index < -0.39 is 5.82 Å². The van der Waals surface area contributed by atoms with E-state index in [0.717, 1.165) is 6.42 Å². The van der Waals surface area contributed by atoms with E-state index in [1.54, 1.807) is 19.2 Å². The molecule has 0 spiro atoms. The molecule has 0 unspecified atom stereocenters. The van der Waals surface area contributed by atoms with E-state index in [1.165, 1.54) is 6.07 Å². The number of likely N-dealkylation sites (N-methyl/N-ethyl adjacent to an activating group) is 1. The first-order chi connectivity index (χ1) is 8.58. The van der Waals surface area contributed by atoms with Crippen molar-refractivity contribution in [3.63, 3.8) is 0 Å². The zero-order chi connectivity index (χ0) is 13.5. The van der Waals surface area contributed by atoms with Gasteiger partial charge in [-0.05, 0) is 19.0 Å². The van der Waals surface area contributed by atoms with Crippen LogP contribution in [0, 0.1) is 5.82 Å². The Hall–Kier alpha value is -1.62. The fourth-order valence-corrected chi connectivity index (χ4v) is 1.74. The van der Waals surface area contributed by atoms with E-state index in [1.807, 2.05) is 11.8 Å². The molecule has 0 aromatic heterocycles. The molecule has 0 aliphatic heterocycles. The zero-order valence-electron chi connectivity index (χ0n) is 10.7. The van der Waals surface area contributed by atoms with Gasteiger partial charge in [0.05, 0.1) is 6.54 Å². The van der Waals surface area contributed by atoms with Gasteiger partial charge in [-0.1, -0.05) is 19.1 Å². The van der Waals surface area contributed by atoms with Crippen LogP contribution in [0.2, 0.25) is 0 Å². The molecule has 4 nitrogen and oxygen atoms in total. The van der Waals surface area contributed by atoms with Gasteiger partial charge in [0.25, 0.3) is 0 Å². The highest BCUT2D eigenvalue weighted by atomic mass is 19.1. The molecule has 100 valence electrons. The smallest absolute Gasteiger partial charge is 0.233 e. The molecule has 1 aromatic rings. The molecule has 0 heterocycles. The van der Waals surface area contributed by atoms with Gasteiger partial charge < -0.3 is 10.4 Å². The lowest BCUT2D eigenvalue weighted by Gasteiger charge is -2.21. The maximum Gasteiger partial charge on any atom is 0.233 e. The largest absolute Gasteiger partial charge is 0.505 e. The van der Waals surface area contributed by atoms with E-state index in [0.29, 0.717) is 18.7 Å². The summed E-state index contributed by atoms with van der Waals surface area (Å²) in [6.07, 6.45) is 0.882. The van der Waals surface area contributed by atoms with Gasteiger partial charge in [-0.15, -0.1) is 0 Å². The lowest BCUT2D eigenvalue weighted by Crippen LogP contribution is -2.35. The summed E-state index contributed by atoms with van der Waals surface area (Å²) < 4.78 is 13.2. The van der Waals surface area contributed by atoms with Crippen LogP contribution >= 0.6 is 0 Å². The number of halogens is 1. The van der Waals surface area contributed by atoms with Crippen molar-refractivity contribution in [3.05, 3.63) is 29.6 Å². The van der Waals surface area contributed by atoms with E-state index in [-0.39, 0.29) is 18.2 Å². The number of hydrogen-bond acceptors (Lipinski definition) is 3. The molecule has 0 saturated heterocycles. The van der Waals surface area contributed by atoms with Gasteiger partial charge in [-0.3, -0.25) is 9.69 Å². The number of phenols is 1. The van der Waals surface area contributed by atoms with Crippen LogP contribution < -0.4 is 5.32 Å². The summed E-state index contributed by atoms with van der Waals surface area (Å²) in [5, 5.41) is 12.2. The van der Waals surface area contributed by atoms with Crippen LogP contribution in [0.25, 0.3) is 0 Å². The van der Waals surface area contributed by atoms with Gasteiger partial charge in [0, 0.05) is 19.2 Å². The van der Waals surface area contributed by atoms with Crippen molar-refractivity contribution >= 4 is 5.91 Å². The summed E-state index contributed by atoms with van der Waals surface area (Å²) >= 11 is 0. The van der Waals surface area contributed by atoms with Gasteiger partial charge in [0.2, 0.25) is 5.91 Å². The number of para-hydroxylation sites is 1. The van der Waals surface area contributed by atoms with Crippen molar-refractivity contribution in [1.82, 2.24) is 10.2 Å². The minimum absolute atomic E-state index is 0.0978. The standard InChI is InChI=1S/C13H19FN2O2/c1-3-7-16(9-12(17)15-2)8-10-5-4-6-11(14)13(10)18/h4-6,18H,3,7-9H2,1-2H3,(H,15,17). The fraction of sp³-hybridized carbons (Fsp3) is 0.462. The topological polar surface area (TPSA) is 52.6 Å². The Morgan fingerprint density at radius 2 is 2.22 bits per heavy atom. The normalized spacial score (nSPS) is 10.7. The summed E-state index contributed by atoms with van der Waals surface area (Å²) in [5.41, 5.74) is 0.493. The Morgan fingerprint density at radius 1 is 1.50 bits per heavy atom. The molecular weight excluding hydrogens is 235 g/mol. The first-order valence-electron chi connectivity index (χ1n) is 5.97. The summed E-state index contributed by atoms with van der Waals surface area (Å²) in [4.78, 5) is 13.2. The van der Waals surface area contributed by atoms with Gasteiger partial charge in [-0.25, -0.2) is 4.39 Å². The van der Waals surface area contributed by atoms with E-state index >= 15 is 0 Å². The third-order valence-electron chi connectivity index (χ3n) is 2.65. The third-order valence-corrected chi connectivity index (χ3v) is 2.65. The van der Waals surface area contributed by atoms with Crippen LogP contribution in [0.3, 0.4) is 0 Å². The maximum absolute atomic E-state index is 13.2. The molecule has 0 aliphatic rings. The zero-order valence-corrected chi connectivity index (χ0v) is 10.7. The van der Waals surface area contributed by atoms with Crippen molar-refractivity contribution in [2.75, 3.05) is 20.1 Å². The predicted octanol–water partition coefficient (Wildman–Crippen LogP) is 1.49. The Bertz CT molecular complexity index is 410. The molecule has 0 aliphatic carbocycles. The highest BCUT2D eigenvalue weighted by Crippen LogP contribution is 2.22. The second-order valence-corrected chi connectivity index (χ2v) is 4.13. The van der Waals surface area contributed by atoms with Crippen LogP contribution in [0.15, 0.2) is 18.2 Å². The molecule has 0 fully saturated rings. The Morgan fingerprint density at radius 3 is 2.83 bits per heavy atom. The number of benzene rings is 1. The molecule has 0 bridgehead atoms. The van der Waals surface area contributed by atoms with Crippen LogP contribution in [0.1, 0.15) is 18.9 Å². The van der Waals surface area contributed by atoms with Crippen molar-refractivity contribution in [2.24, 2.45) is 0 Å². The van der Waals surface area contributed by atoms with Crippen molar-refractivity contribution in [3.8, 4) is 5.75 Å². The lowest BCUT2D eigenvalue weighted by atomic mass is 10.1. The van der Waals surface area contributed by atoms with E-state index in [4.69, 9.17) is 0 Å². The molecule has 1 aromatic carbocycles. The molecule has 5 heteroatoms. The van der Waals surface area contributed by atoms with E-state index in [2.05, 4.69) is 5.32 Å². The fourth-order valence-electron chi connectivity index (χ4n) is 1.74. The second-order valence-electron chi connectivity index (χ2n) is 4.13. The molecular formula is C13H19FN2O2. The second kappa shape index (κ2) is 6.96. The molecule has 18 heavy (non-hydrogen) atoms. The highest BCUT2D eigenvalue weighted by Gasteiger charge is 2.13. The Labute approximate surface area is 106 Å². The number of amides is 1. The van der Waals surface area contributed by atoms with Gasteiger partial charge >= 0.3 is 0 Å². The summed E-state index contributed by atoms with van der Waals surface area (Å²) in [6.45, 7) is 3.30. The SMILES string of the molecule is CCCN(CC(=O)NC)Cc1cccc(F)c1O. The van der Waals surface area contributed by atoms with Crippen molar-refractivity contribution in [1.29, 1.82) is 0 Å². The van der Waals surface area contributed by atoms with E-state index in [9.17, 15) is 14.3 Å². The number of phenolic OH excluding ortho intramolecular Hbond substituents is 1. The van der Waals surface area contributed by atoms with Crippen LogP contribution in [-0.2, 0) is 11.3 Å². The molecule has 0 saturated carbocycles. The van der Waals surface area contributed by atoms with Gasteiger partial charge in [0.1, 0.15) is 0 Å². The number of carbonyl (C=O) groups excluding carboxylic acids is 1. The number of carbonyl (C=O) groups is 1. The highest BCUT2D eigenvalue weighted by molar-refractivity contribution is 5.77. The minimum Gasteiger partial charge on any atom is -0.505 e. The number of aromatic hydroxyl groups is 1. The summed E-state index contributed by atoms with van der Waals surface area (Å²) in [7, 11) is 1.58. The number of rotatable bonds is 6. The van der Waals surface area contributed by atoms with Crippen molar-refractivity contribution in [2.45, 2.75) is 19.9 Å². The van der Waals surface area contributed by atoms with Gasteiger partial charge in [0.15, 0.2) is 11.6 Å². The van der Waals surface area contributed by atoms with Crippen LogP contribution in [0.5, 0.6) is 5.75 Å². The lowest BCUT2D eigenvalue weighted by molar-refractivity contribution is -0.121. The first-order valence-corrected chi connectivity index (χ1v) is 5.97. The first kappa shape index (κ1) is 14.4. The monoisotopic (exact) mass is 254 g/mol. The number of hydrogen-bond donors (Lipinski definition) is 2. The number of nitrogens with zero attached hydrogens (tertiary/aromatic N) is 1. The summed E-state index contributed by atoms with van der Waals surface area (Å²) in [5.74, 6) is -1.07. The average Bonchev–Trinajstić information content (AvgIpc) is 2.35. The Balaban J connectivity index is 2.76. The molecule has 0 atom stereocenters. The quantitative estimate of drug-likeness (QED) is 0.808. The average molecular weight is 254 g/mol. The van der Waals surface area contributed by atoms with Crippen molar-refractivity contribution < 1.29 is 14.3 Å².